The van der Waals surface area contributed by atoms with Crippen molar-refractivity contribution < 1.29 is 37.4 Å². The van der Waals surface area contributed by atoms with E-state index in [1.54, 1.807) is 32.0 Å². The number of aliphatic hydroxyl groups is 1. The van der Waals surface area contributed by atoms with E-state index in [0.29, 0.717) is 0 Å². The van der Waals surface area contributed by atoms with Crippen molar-refractivity contribution in [2.24, 2.45) is 0 Å². The molecule has 2 aromatic rings. The number of nitrogen functional groups attached to an aromatic ring is 1. The number of nitrogens with zero attached hydrogens (tertiary/aromatic N) is 2. The molecule has 0 spiro atoms. The number of carbonyl (C=O) groups excluding carboxylic acids is 1. The van der Waals surface area contributed by atoms with Gasteiger partial charge in [0.1, 0.15) is 29.8 Å². The number of carbonyl (C=O) groups is 1. The predicted molar refractivity (Wildman–Crippen MR) is 135 cm³/mol. The smallest absolute Gasteiger partial charge is 0.459 e. The fourth-order valence-corrected chi connectivity index (χ4v) is 5.09. The van der Waals surface area contributed by atoms with Gasteiger partial charge in [-0.3, -0.25) is 13.9 Å². The second-order valence-electron chi connectivity index (χ2n) is 8.69. The zero-order valence-corrected chi connectivity index (χ0v) is 22.1. The largest absolute Gasteiger partial charge is 0.462 e. The average Bonchev–Trinajstić information content (AvgIpc) is 3.08. The van der Waals surface area contributed by atoms with Crippen LogP contribution in [0.25, 0.3) is 0 Å². The molecule has 3 rings (SSSR count). The summed E-state index contributed by atoms with van der Waals surface area (Å²) in [5.41, 5.74) is 1.83. The second-order valence-corrected chi connectivity index (χ2v) is 10.4. The number of hydrogen-bond acceptors (Lipinski definition) is 10. The lowest BCUT2D eigenvalue weighted by Crippen LogP contribution is -2.44. The van der Waals surface area contributed by atoms with Crippen molar-refractivity contribution in [3.05, 3.63) is 53.1 Å². The highest BCUT2D eigenvalue weighted by atomic mass is 31.2. The molecule has 6 atom stereocenters. The molecular formula is C24H30FN4O8P. The number of nitrogens with one attached hydrogen (secondary N) is 1. The van der Waals surface area contributed by atoms with E-state index < -0.39 is 62.3 Å². The minimum absolute atomic E-state index is 0.0918. The van der Waals surface area contributed by atoms with Gasteiger partial charge in [0.2, 0.25) is 5.67 Å². The third-order valence-electron chi connectivity index (χ3n) is 5.30. The lowest BCUT2D eigenvalue weighted by molar-refractivity contribution is -0.149. The lowest BCUT2D eigenvalue weighted by atomic mass is 9.96. The molecule has 12 nitrogen and oxygen atoms in total. The summed E-state index contributed by atoms with van der Waals surface area (Å²) in [6.45, 7) is 5.38. The molecule has 1 aliphatic heterocycles. The van der Waals surface area contributed by atoms with Crippen LogP contribution in [0.5, 0.6) is 5.75 Å². The monoisotopic (exact) mass is 552 g/mol. The van der Waals surface area contributed by atoms with Gasteiger partial charge in [0.25, 0.3) is 0 Å². The number of para-hydroxylation sites is 1. The molecular weight excluding hydrogens is 522 g/mol. The summed E-state index contributed by atoms with van der Waals surface area (Å²) in [6, 6.07) is 8.12. The molecule has 2 heterocycles. The van der Waals surface area contributed by atoms with Gasteiger partial charge in [0.15, 0.2) is 6.23 Å². The molecule has 0 saturated carbocycles. The van der Waals surface area contributed by atoms with Gasteiger partial charge in [0.05, 0.1) is 12.7 Å². The van der Waals surface area contributed by atoms with Crippen LogP contribution in [-0.2, 0) is 23.4 Å². The highest BCUT2D eigenvalue weighted by molar-refractivity contribution is 7.52. The van der Waals surface area contributed by atoms with Gasteiger partial charge in [-0.15, -0.1) is 5.92 Å². The summed E-state index contributed by atoms with van der Waals surface area (Å²) in [5, 5.41) is 13.3. The standard InChI is InChI=1S/C24H30FN4O8P/c1-5-12-24(25)20(30)18(36-22(24)29-13-11-19(26)27-23(29)32)14-34-38(33,37-17-9-7-6-8-10-17)28-16(4)21(31)35-15(2)3/h6-11,13,15-16,18,20,22,30H,14H2,1-4H3,(H,28,33)(H2,26,27,32)/t16-,18+,20?,22+,24+,38?/m0/s1. The molecule has 0 bridgehead atoms. The van der Waals surface area contributed by atoms with Crippen LogP contribution in [0.15, 0.2) is 47.4 Å². The predicted octanol–water partition coefficient (Wildman–Crippen LogP) is 1.95. The second kappa shape index (κ2) is 12.1. The number of benzene rings is 1. The Hall–Kier alpha value is -3.27. The summed E-state index contributed by atoms with van der Waals surface area (Å²) in [7, 11) is -4.34. The van der Waals surface area contributed by atoms with E-state index in [1.165, 1.54) is 32.0 Å². The first-order chi connectivity index (χ1) is 17.9. The molecule has 38 heavy (non-hydrogen) atoms. The third-order valence-corrected chi connectivity index (χ3v) is 6.94. The zero-order valence-electron chi connectivity index (χ0n) is 21.2. The van der Waals surface area contributed by atoms with Gasteiger partial charge in [-0.1, -0.05) is 24.1 Å². The van der Waals surface area contributed by atoms with Crippen molar-refractivity contribution in [1.29, 1.82) is 0 Å². The number of rotatable bonds is 10. The number of esters is 1. The topological polar surface area (TPSA) is 164 Å². The van der Waals surface area contributed by atoms with Crippen LogP contribution in [0, 0.1) is 11.8 Å². The molecule has 1 saturated heterocycles. The minimum atomic E-state index is -4.34. The summed E-state index contributed by atoms with van der Waals surface area (Å²) in [4.78, 5) is 28.2. The van der Waals surface area contributed by atoms with E-state index in [4.69, 9.17) is 24.3 Å². The number of aliphatic hydroxyl groups excluding tert-OH is 1. The number of anilines is 1. The molecule has 206 valence electrons. The van der Waals surface area contributed by atoms with Crippen molar-refractivity contribution in [3.63, 3.8) is 0 Å². The number of ether oxygens (including phenoxy) is 2. The summed E-state index contributed by atoms with van der Waals surface area (Å²) < 4.78 is 52.3. The number of halogens is 1. The van der Waals surface area contributed by atoms with E-state index in [0.717, 1.165) is 10.8 Å². The van der Waals surface area contributed by atoms with Crippen molar-refractivity contribution in [2.45, 2.75) is 63.9 Å². The van der Waals surface area contributed by atoms with Crippen molar-refractivity contribution in [1.82, 2.24) is 14.6 Å². The number of alkyl halides is 1. The van der Waals surface area contributed by atoms with E-state index in [-0.39, 0.29) is 11.6 Å². The van der Waals surface area contributed by atoms with Crippen molar-refractivity contribution in [2.75, 3.05) is 12.3 Å². The Balaban J connectivity index is 1.86. The molecule has 2 unspecified atom stereocenters. The number of aromatic nitrogens is 2. The normalized spacial score (nSPS) is 25.2. The van der Waals surface area contributed by atoms with E-state index in [9.17, 15) is 19.3 Å². The molecule has 4 N–H and O–H groups in total. The summed E-state index contributed by atoms with van der Waals surface area (Å²) in [5.74, 6) is 3.97. The maximum absolute atomic E-state index is 16.0. The summed E-state index contributed by atoms with van der Waals surface area (Å²) >= 11 is 0. The highest BCUT2D eigenvalue weighted by Gasteiger charge is 2.58. The Bertz CT molecular complexity index is 1300. The lowest BCUT2D eigenvalue weighted by Gasteiger charge is -2.25. The Labute approximate surface area is 218 Å². The Morgan fingerprint density at radius 2 is 2.03 bits per heavy atom. The van der Waals surface area contributed by atoms with E-state index >= 15 is 4.39 Å². The van der Waals surface area contributed by atoms with Crippen LogP contribution in [0.2, 0.25) is 0 Å². The first kappa shape index (κ1) is 29.3. The summed E-state index contributed by atoms with van der Waals surface area (Å²) in [6.07, 6.45) is -4.38. The van der Waals surface area contributed by atoms with Crippen molar-refractivity contribution in [3.8, 4) is 17.6 Å². The van der Waals surface area contributed by atoms with Crippen LogP contribution in [0.1, 0.15) is 33.9 Å². The van der Waals surface area contributed by atoms with Crippen LogP contribution in [-0.4, -0.2) is 57.3 Å². The van der Waals surface area contributed by atoms with Crippen LogP contribution >= 0.6 is 7.75 Å². The molecule has 0 aliphatic carbocycles. The maximum atomic E-state index is 16.0. The van der Waals surface area contributed by atoms with Crippen LogP contribution < -0.4 is 21.0 Å². The molecule has 14 heteroatoms. The molecule has 1 aromatic heterocycles. The third kappa shape index (κ3) is 6.78. The molecule has 1 aromatic carbocycles. The SMILES string of the molecule is CC#C[C@@]1(F)C(O)[C@@H](COP(=O)(N[C@@H](C)C(=O)OC(C)C)Oc2ccccc2)O[C@H]1n1ccc(N)nc1=O. The first-order valence-electron chi connectivity index (χ1n) is 11.7. The molecule has 0 amide bonds. The average molecular weight is 552 g/mol. The highest BCUT2D eigenvalue weighted by Crippen LogP contribution is 2.47. The number of hydrogen-bond donors (Lipinski definition) is 3. The van der Waals surface area contributed by atoms with Gasteiger partial charge in [-0.25, -0.2) is 13.8 Å². The molecule has 1 fully saturated rings. The fourth-order valence-electron chi connectivity index (χ4n) is 3.59. The van der Waals surface area contributed by atoms with Gasteiger partial charge in [-0.2, -0.15) is 10.1 Å². The van der Waals surface area contributed by atoms with Gasteiger partial charge in [-0.05, 0) is 45.9 Å². The van der Waals surface area contributed by atoms with E-state index in [2.05, 4.69) is 21.9 Å². The molecule has 1 aliphatic rings. The van der Waals surface area contributed by atoms with E-state index in [1.807, 2.05) is 0 Å². The fraction of sp³-hybridized carbons (Fsp3) is 0.458. The Kier molecular flexibility index (Phi) is 9.30. The zero-order chi connectivity index (χ0) is 28.1. The van der Waals surface area contributed by atoms with Crippen LogP contribution in [0.4, 0.5) is 10.2 Å². The van der Waals surface area contributed by atoms with Crippen molar-refractivity contribution >= 4 is 19.5 Å². The first-order valence-corrected chi connectivity index (χ1v) is 13.2. The van der Waals surface area contributed by atoms with Gasteiger partial charge >= 0.3 is 19.4 Å². The quantitative estimate of drug-likeness (QED) is 0.224. The minimum Gasteiger partial charge on any atom is -0.462 e. The molecule has 0 radical (unpaired) electrons. The number of nitrogens with two attached hydrogens (primary N) is 1. The Morgan fingerprint density at radius 1 is 1.34 bits per heavy atom. The van der Waals surface area contributed by atoms with Gasteiger partial charge in [0, 0.05) is 6.20 Å². The van der Waals surface area contributed by atoms with Gasteiger partial charge < -0.3 is 24.8 Å². The van der Waals surface area contributed by atoms with Crippen LogP contribution in [0.3, 0.4) is 0 Å². The maximum Gasteiger partial charge on any atom is 0.459 e. The Morgan fingerprint density at radius 3 is 2.63 bits per heavy atom.